The van der Waals surface area contributed by atoms with E-state index < -0.39 is 0 Å². The fraction of sp³-hybridized carbons (Fsp3) is 0.385. The first-order chi connectivity index (χ1) is 16.3. The predicted octanol–water partition coefficient (Wildman–Crippen LogP) is 5.48. The second-order valence-corrected chi connectivity index (χ2v) is 8.68. The standard InChI is InChI=1S/C26H29N5O2/c32-17-5-4-6-19-9-11-21(12-10-19)25-29-26(33-30-25)23-18-28-31(22-7-2-1-3-8-22)24(23)20-13-15-27-16-14-20/h9-16,18,22,32H,1-8,17H2. The fourth-order valence-corrected chi connectivity index (χ4v) is 4.63. The van der Waals surface area contributed by atoms with Crippen molar-refractivity contribution in [2.24, 2.45) is 0 Å². The van der Waals surface area contributed by atoms with Crippen molar-refractivity contribution >= 4 is 0 Å². The molecule has 1 aliphatic carbocycles. The van der Waals surface area contributed by atoms with Crippen LogP contribution in [-0.4, -0.2) is 36.6 Å². The third kappa shape index (κ3) is 4.73. The van der Waals surface area contributed by atoms with Crippen molar-refractivity contribution in [3.8, 4) is 34.1 Å². The van der Waals surface area contributed by atoms with Crippen LogP contribution in [0.1, 0.15) is 56.6 Å². The van der Waals surface area contributed by atoms with Crippen molar-refractivity contribution in [3.63, 3.8) is 0 Å². The number of nitrogens with zero attached hydrogens (tertiary/aromatic N) is 5. The summed E-state index contributed by atoms with van der Waals surface area (Å²) in [5.41, 5.74) is 5.07. The van der Waals surface area contributed by atoms with Gasteiger partial charge in [-0.25, -0.2) is 0 Å². The van der Waals surface area contributed by atoms with Gasteiger partial charge in [0, 0.05) is 30.1 Å². The molecule has 0 saturated heterocycles. The van der Waals surface area contributed by atoms with Gasteiger partial charge in [0.2, 0.25) is 5.82 Å². The minimum Gasteiger partial charge on any atom is -0.396 e. The lowest BCUT2D eigenvalue weighted by molar-refractivity contribution is 0.284. The monoisotopic (exact) mass is 443 g/mol. The van der Waals surface area contributed by atoms with Gasteiger partial charge in [-0.3, -0.25) is 9.67 Å². The topological polar surface area (TPSA) is 89.9 Å². The van der Waals surface area contributed by atoms with E-state index >= 15 is 0 Å². The molecule has 1 aliphatic rings. The van der Waals surface area contributed by atoms with Crippen LogP contribution in [0.3, 0.4) is 0 Å². The molecule has 0 unspecified atom stereocenters. The second kappa shape index (κ2) is 10.1. The summed E-state index contributed by atoms with van der Waals surface area (Å²) in [7, 11) is 0. The normalized spacial score (nSPS) is 14.6. The maximum atomic E-state index is 8.97. The van der Waals surface area contributed by atoms with E-state index in [0.717, 1.165) is 54.5 Å². The van der Waals surface area contributed by atoms with Crippen LogP contribution in [-0.2, 0) is 6.42 Å². The number of hydrogen-bond acceptors (Lipinski definition) is 6. The van der Waals surface area contributed by atoms with Crippen LogP contribution in [0, 0.1) is 0 Å². The number of aliphatic hydroxyl groups excluding tert-OH is 1. The molecule has 7 heteroatoms. The zero-order valence-corrected chi connectivity index (χ0v) is 18.7. The molecule has 7 nitrogen and oxygen atoms in total. The molecule has 33 heavy (non-hydrogen) atoms. The molecule has 0 radical (unpaired) electrons. The number of aryl methyl sites for hydroxylation is 1. The van der Waals surface area contributed by atoms with E-state index in [2.05, 4.69) is 27.0 Å². The van der Waals surface area contributed by atoms with E-state index in [-0.39, 0.29) is 6.61 Å². The highest BCUT2D eigenvalue weighted by molar-refractivity contribution is 5.77. The Balaban J connectivity index is 1.45. The third-order valence-electron chi connectivity index (χ3n) is 6.41. The number of aliphatic hydroxyl groups is 1. The molecule has 0 aliphatic heterocycles. The Bertz CT molecular complexity index is 1160. The molecule has 0 atom stereocenters. The van der Waals surface area contributed by atoms with Gasteiger partial charge in [-0.2, -0.15) is 10.1 Å². The van der Waals surface area contributed by atoms with Crippen LogP contribution < -0.4 is 0 Å². The predicted molar refractivity (Wildman–Crippen MR) is 126 cm³/mol. The maximum absolute atomic E-state index is 8.97. The highest BCUT2D eigenvalue weighted by Crippen LogP contribution is 2.37. The van der Waals surface area contributed by atoms with Gasteiger partial charge in [0.05, 0.1) is 23.5 Å². The average molecular weight is 444 g/mol. The zero-order chi connectivity index (χ0) is 22.5. The first-order valence-corrected chi connectivity index (χ1v) is 11.9. The van der Waals surface area contributed by atoms with Crippen LogP contribution in [0.2, 0.25) is 0 Å². The first-order valence-electron chi connectivity index (χ1n) is 11.9. The van der Waals surface area contributed by atoms with Gasteiger partial charge < -0.3 is 9.63 Å². The largest absolute Gasteiger partial charge is 0.396 e. The van der Waals surface area contributed by atoms with Crippen LogP contribution in [0.25, 0.3) is 34.1 Å². The first kappa shape index (κ1) is 21.5. The molecule has 1 aromatic carbocycles. The molecule has 5 rings (SSSR count). The maximum Gasteiger partial charge on any atom is 0.262 e. The van der Waals surface area contributed by atoms with Crippen molar-refractivity contribution in [2.75, 3.05) is 6.61 Å². The van der Waals surface area contributed by atoms with Gasteiger partial charge in [0.25, 0.3) is 5.89 Å². The number of rotatable bonds is 8. The van der Waals surface area contributed by atoms with E-state index in [4.69, 9.17) is 19.7 Å². The summed E-state index contributed by atoms with van der Waals surface area (Å²) in [6.07, 6.45) is 14.2. The number of pyridine rings is 1. The Morgan fingerprint density at radius 1 is 0.939 bits per heavy atom. The molecular weight excluding hydrogens is 414 g/mol. The number of benzene rings is 1. The summed E-state index contributed by atoms with van der Waals surface area (Å²) in [5.74, 6) is 1.05. The molecule has 3 heterocycles. The lowest BCUT2D eigenvalue weighted by atomic mass is 9.95. The number of aromatic nitrogens is 5. The van der Waals surface area contributed by atoms with Crippen molar-refractivity contribution in [2.45, 2.75) is 57.4 Å². The molecule has 1 saturated carbocycles. The van der Waals surface area contributed by atoms with Crippen molar-refractivity contribution < 1.29 is 9.63 Å². The van der Waals surface area contributed by atoms with Crippen LogP contribution >= 0.6 is 0 Å². The molecule has 0 bridgehead atoms. The van der Waals surface area contributed by atoms with Gasteiger partial charge in [0.15, 0.2) is 0 Å². The molecule has 1 fully saturated rings. The summed E-state index contributed by atoms with van der Waals surface area (Å²) >= 11 is 0. The van der Waals surface area contributed by atoms with Gasteiger partial charge >= 0.3 is 0 Å². The van der Waals surface area contributed by atoms with Crippen LogP contribution in [0.5, 0.6) is 0 Å². The molecular formula is C26H29N5O2. The Morgan fingerprint density at radius 3 is 2.48 bits per heavy atom. The molecule has 4 aromatic rings. The second-order valence-electron chi connectivity index (χ2n) is 8.68. The number of unbranched alkanes of at least 4 members (excludes halogenated alkanes) is 1. The Kier molecular flexibility index (Phi) is 6.58. The molecule has 170 valence electrons. The van der Waals surface area contributed by atoms with Crippen molar-refractivity contribution in [3.05, 3.63) is 60.6 Å². The summed E-state index contributed by atoms with van der Waals surface area (Å²) in [4.78, 5) is 8.90. The third-order valence-corrected chi connectivity index (χ3v) is 6.41. The molecule has 1 N–H and O–H groups in total. The van der Waals surface area contributed by atoms with E-state index in [1.54, 1.807) is 12.4 Å². The smallest absolute Gasteiger partial charge is 0.262 e. The van der Waals surface area contributed by atoms with Crippen molar-refractivity contribution in [1.29, 1.82) is 0 Å². The van der Waals surface area contributed by atoms with Gasteiger partial charge in [-0.05, 0) is 49.8 Å². The van der Waals surface area contributed by atoms with E-state index in [9.17, 15) is 0 Å². The highest BCUT2D eigenvalue weighted by Gasteiger charge is 2.25. The molecule has 0 spiro atoms. The van der Waals surface area contributed by atoms with E-state index in [0.29, 0.717) is 17.8 Å². The lowest BCUT2D eigenvalue weighted by Gasteiger charge is -2.24. The SMILES string of the molecule is OCCCCc1ccc(-c2noc(-c3cnn(C4CCCCC4)c3-c3ccncc3)n2)cc1. The molecule has 0 amide bonds. The highest BCUT2D eigenvalue weighted by atomic mass is 16.5. The zero-order valence-electron chi connectivity index (χ0n) is 18.7. The lowest BCUT2D eigenvalue weighted by Crippen LogP contribution is -2.15. The van der Waals surface area contributed by atoms with Crippen molar-refractivity contribution in [1.82, 2.24) is 24.9 Å². The quantitative estimate of drug-likeness (QED) is 0.363. The van der Waals surface area contributed by atoms with E-state index in [1.807, 2.05) is 30.5 Å². The van der Waals surface area contributed by atoms with E-state index in [1.165, 1.54) is 24.8 Å². The summed E-state index contributed by atoms with van der Waals surface area (Å²) in [6.45, 7) is 0.239. The van der Waals surface area contributed by atoms with Crippen LogP contribution in [0.15, 0.2) is 59.5 Å². The summed E-state index contributed by atoms with van der Waals surface area (Å²) in [6, 6.07) is 12.6. The van der Waals surface area contributed by atoms with Gasteiger partial charge in [0.1, 0.15) is 0 Å². The molecule has 3 aromatic heterocycles. The fourth-order valence-electron chi connectivity index (χ4n) is 4.63. The minimum absolute atomic E-state index is 0.239. The summed E-state index contributed by atoms with van der Waals surface area (Å²) < 4.78 is 7.87. The van der Waals surface area contributed by atoms with Crippen LogP contribution in [0.4, 0.5) is 0 Å². The summed E-state index contributed by atoms with van der Waals surface area (Å²) in [5, 5.41) is 18.0. The number of hydrogen-bond donors (Lipinski definition) is 1. The minimum atomic E-state index is 0.239. The van der Waals surface area contributed by atoms with Gasteiger partial charge in [-0.1, -0.05) is 48.7 Å². The Hall–Kier alpha value is -3.32. The average Bonchev–Trinajstić information content (AvgIpc) is 3.53. The Morgan fingerprint density at radius 2 is 1.73 bits per heavy atom. The Labute approximate surface area is 193 Å². The van der Waals surface area contributed by atoms with Gasteiger partial charge in [-0.15, -0.1) is 0 Å².